The van der Waals surface area contributed by atoms with Gasteiger partial charge in [0.2, 0.25) is 17.3 Å². The SMILES string of the molecule is CN(C(=O)C1=C(C(=O)NCCCN)OC(C)(C)O1)c1ccccc1. The van der Waals surface area contributed by atoms with E-state index in [1.807, 2.05) is 18.2 Å². The minimum absolute atomic E-state index is 0.100. The standard InChI is InChI=1S/C17H23N3O4/c1-17(2)23-13(15(21)19-11-7-10-18)14(24-17)16(22)20(3)12-8-5-4-6-9-12/h4-6,8-9H,7,10-11,18H2,1-3H3,(H,19,21). The molecule has 0 unspecified atom stereocenters. The van der Waals surface area contributed by atoms with Crippen molar-refractivity contribution in [3.8, 4) is 0 Å². The lowest BCUT2D eigenvalue weighted by Crippen LogP contribution is -2.32. The minimum Gasteiger partial charge on any atom is -0.443 e. The van der Waals surface area contributed by atoms with E-state index < -0.39 is 17.6 Å². The Morgan fingerprint density at radius 1 is 1.17 bits per heavy atom. The lowest BCUT2D eigenvalue weighted by Gasteiger charge is -2.20. The number of para-hydroxylation sites is 1. The zero-order chi connectivity index (χ0) is 17.7. The summed E-state index contributed by atoms with van der Waals surface area (Å²) in [4.78, 5) is 26.4. The maximum Gasteiger partial charge on any atom is 0.297 e. The van der Waals surface area contributed by atoms with E-state index in [1.165, 1.54) is 4.90 Å². The van der Waals surface area contributed by atoms with Gasteiger partial charge in [-0.3, -0.25) is 9.59 Å². The Kier molecular flexibility index (Phi) is 5.46. The van der Waals surface area contributed by atoms with Gasteiger partial charge in [-0.05, 0) is 25.1 Å². The molecule has 0 saturated carbocycles. The molecular formula is C17H23N3O4. The van der Waals surface area contributed by atoms with E-state index in [0.29, 0.717) is 25.2 Å². The highest BCUT2D eigenvalue weighted by Crippen LogP contribution is 2.32. The molecule has 1 aliphatic heterocycles. The Bertz CT molecular complexity index is 640. The molecular weight excluding hydrogens is 310 g/mol. The van der Waals surface area contributed by atoms with Crippen molar-refractivity contribution in [3.63, 3.8) is 0 Å². The molecule has 1 heterocycles. The summed E-state index contributed by atoms with van der Waals surface area (Å²) in [5.74, 6) is -2.22. The van der Waals surface area contributed by atoms with Crippen LogP contribution in [0.5, 0.6) is 0 Å². The van der Waals surface area contributed by atoms with Crippen LogP contribution in [0.15, 0.2) is 41.9 Å². The van der Waals surface area contributed by atoms with Gasteiger partial charge in [0.15, 0.2) is 0 Å². The highest BCUT2D eigenvalue weighted by Gasteiger charge is 2.41. The van der Waals surface area contributed by atoms with Crippen molar-refractivity contribution in [1.29, 1.82) is 0 Å². The number of nitrogens with two attached hydrogens (primary N) is 1. The molecule has 1 aliphatic rings. The Balaban J connectivity index is 2.23. The van der Waals surface area contributed by atoms with Crippen LogP contribution in [0.4, 0.5) is 5.69 Å². The second-order valence-electron chi connectivity index (χ2n) is 5.86. The molecule has 0 aromatic heterocycles. The normalized spacial score (nSPS) is 15.5. The predicted octanol–water partition coefficient (Wildman–Crippen LogP) is 1.11. The third-order valence-electron chi connectivity index (χ3n) is 3.42. The zero-order valence-corrected chi connectivity index (χ0v) is 14.2. The number of amides is 2. The number of carbonyl (C=O) groups excluding carboxylic acids is 2. The van der Waals surface area contributed by atoms with Gasteiger partial charge in [-0.15, -0.1) is 0 Å². The molecule has 0 radical (unpaired) electrons. The first-order valence-corrected chi connectivity index (χ1v) is 7.79. The van der Waals surface area contributed by atoms with E-state index in [0.717, 1.165) is 0 Å². The number of carbonyl (C=O) groups is 2. The van der Waals surface area contributed by atoms with Gasteiger partial charge in [-0.1, -0.05) is 18.2 Å². The van der Waals surface area contributed by atoms with Gasteiger partial charge in [-0.25, -0.2) is 0 Å². The van der Waals surface area contributed by atoms with Crippen LogP contribution < -0.4 is 16.0 Å². The fourth-order valence-corrected chi connectivity index (χ4v) is 2.20. The van der Waals surface area contributed by atoms with Crippen LogP contribution in [-0.2, 0) is 19.1 Å². The topological polar surface area (TPSA) is 93.9 Å². The van der Waals surface area contributed by atoms with Crippen molar-refractivity contribution in [2.45, 2.75) is 26.1 Å². The molecule has 24 heavy (non-hydrogen) atoms. The predicted molar refractivity (Wildman–Crippen MR) is 89.8 cm³/mol. The van der Waals surface area contributed by atoms with Crippen LogP contribution in [0.25, 0.3) is 0 Å². The second kappa shape index (κ2) is 7.35. The molecule has 0 atom stereocenters. The first-order valence-electron chi connectivity index (χ1n) is 7.79. The molecule has 7 heteroatoms. The average molecular weight is 333 g/mol. The quantitative estimate of drug-likeness (QED) is 0.761. The fraction of sp³-hybridized carbons (Fsp3) is 0.412. The van der Waals surface area contributed by atoms with E-state index in [4.69, 9.17) is 15.2 Å². The van der Waals surface area contributed by atoms with Crippen molar-refractivity contribution in [2.75, 3.05) is 25.0 Å². The molecule has 3 N–H and O–H groups in total. The maximum atomic E-state index is 12.7. The van der Waals surface area contributed by atoms with Crippen molar-refractivity contribution < 1.29 is 19.1 Å². The molecule has 0 aliphatic carbocycles. The van der Waals surface area contributed by atoms with Crippen LogP contribution in [0.3, 0.4) is 0 Å². The molecule has 1 aromatic rings. The molecule has 130 valence electrons. The number of hydrogen-bond acceptors (Lipinski definition) is 5. The van der Waals surface area contributed by atoms with Crippen LogP contribution in [-0.4, -0.2) is 37.7 Å². The molecule has 2 amide bonds. The van der Waals surface area contributed by atoms with E-state index in [-0.39, 0.29) is 11.5 Å². The smallest absolute Gasteiger partial charge is 0.297 e. The van der Waals surface area contributed by atoms with Crippen molar-refractivity contribution in [2.24, 2.45) is 5.73 Å². The summed E-state index contributed by atoms with van der Waals surface area (Å²) in [6.45, 7) is 4.15. The van der Waals surface area contributed by atoms with Crippen molar-refractivity contribution in [3.05, 3.63) is 41.9 Å². The highest BCUT2D eigenvalue weighted by molar-refractivity contribution is 6.09. The van der Waals surface area contributed by atoms with Crippen molar-refractivity contribution in [1.82, 2.24) is 5.32 Å². The lowest BCUT2D eigenvalue weighted by molar-refractivity contribution is -0.143. The molecule has 0 saturated heterocycles. The summed E-state index contributed by atoms with van der Waals surface area (Å²) in [5, 5.41) is 2.67. The van der Waals surface area contributed by atoms with E-state index in [9.17, 15) is 9.59 Å². The molecule has 7 nitrogen and oxygen atoms in total. The first-order chi connectivity index (χ1) is 11.4. The summed E-state index contributed by atoms with van der Waals surface area (Å²) in [6, 6.07) is 9.09. The summed E-state index contributed by atoms with van der Waals surface area (Å²) in [6.07, 6.45) is 0.635. The largest absolute Gasteiger partial charge is 0.443 e. The van der Waals surface area contributed by atoms with Gasteiger partial charge in [-0.2, -0.15) is 0 Å². The summed E-state index contributed by atoms with van der Waals surface area (Å²) >= 11 is 0. The Labute approximate surface area is 141 Å². The summed E-state index contributed by atoms with van der Waals surface area (Å²) in [7, 11) is 1.61. The molecule has 1 aromatic carbocycles. The molecule has 0 spiro atoms. The van der Waals surface area contributed by atoms with Gasteiger partial charge in [0.25, 0.3) is 11.8 Å². The summed E-state index contributed by atoms with van der Waals surface area (Å²) in [5.41, 5.74) is 6.10. The Hall–Kier alpha value is -2.54. The average Bonchev–Trinajstić information content (AvgIpc) is 2.90. The van der Waals surface area contributed by atoms with Crippen molar-refractivity contribution >= 4 is 17.5 Å². The van der Waals surface area contributed by atoms with E-state index >= 15 is 0 Å². The third kappa shape index (κ3) is 4.05. The van der Waals surface area contributed by atoms with Gasteiger partial charge in [0.05, 0.1) is 0 Å². The molecule has 2 rings (SSSR count). The van der Waals surface area contributed by atoms with Gasteiger partial charge in [0.1, 0.15) is 0 Å². The molecule has 0 bridgehead atoms. The summed E-state index contributed by atoms with van der Waals surface area (Å²) < 4.78 is 11.1. The van der Waals surface area contributed by atoms with Gasteiger partial charge in [0, 0.05) is 33.1 Å². The number of anilines is 1. The van der Waals surface area contributed by atoms with Crippen LogP contribution in [0, 0.1) is 0 Å². The number of nitrogens with zero attached hydrogens (tertiary/aromatic N) is 1. The number of benzene rings is 1. The third-order valence-corrected chi connectivity index (χ3v) is 3.42. The Morgan fingerprint density at radius 3 is 2.42 bits per heavy atom. The lowest BCUT2D eigenvalue weighted by atomic mass is 10.2. The van der Waals surface area contributed by atoms with Crippen LogP contribution in [0.1, 0.15) is 20.3 Å². The number of ether oxygens (including phenoxy) is 2. The number of hydrogen-bond donors (Lipinski definition) is 2. The van der Waals surface area contributed by atoms with Gasteiger partial charge < -0.3 is 25.4 Å². The van der Waals surface area contributed by atoms with Gasteiger partial charge >= 0.3 is 0 Å². The highest BCUT2D eigenvalue weighted by atomic mass is 16.7. The maximum absolute atomic E-state index is 12.7. The minimum atomic E-state index is -1.08. The van der Waals surface area contributed by atoms with Crippen LogP contribution in [0.2, 0.25) is 0 Å². The van der Waals surface area contributed by atoms with Crippen LogP contribution >= 0.6 is 0 Å². The number of nitrogens with one attached hydrogen (secondary N) is 1. The second-order valence-corrected chi connectivity index (χ2v) is 5.86. The fourth-order valence-electron chi connectivity index (χ4n) is 2.20. The Morgan fingerprint density at radius 2 is 1.79 bits per heavy atom. The molecule has 0 fully saturated rings. The zero-order valence-electron chi connectivity index (χ0n) is 14.2. The number of rotatable bonds is 6. The monoisotopic (exact) mass is 333 g/mol. The van der Waals surface area contributed by atoms with E-state index in [1.54, 1.807) is 33.0 Å². The van der Waals surface area contributed by atoms with E-state index in [2.05, 4.69) is 5.32 Å². The number of likely N-dealkylation sites (N-methyl/N-ethyl adjacent to an activating group) is 1. The first kappa shape index (κ1) is 17.8.